The molecule has 0 saturated carbocycles. The van der Waals surface area contributed by atoms with Gasteiger partial charge in [0.25, 0.3) is 11.8 Å². The summed E-state index contributed by atoms with van der Waals surface area (Å²) < 4.78 is 5.75. The van der Waals surface area contributed by atoms with E-state index in [-0.39, 0.29) is 5.57 Å². The Balaban J connectivity index is 1.67. The van der Waals surface area contributed by atoms with Crippen LogP contribution in [0.5, 0.6) is 0 Å². The van der Waals surface area contributed by atoms with E-state index in [2.05, 4.69) is 5.32 Å². The molecule has 150 valence electrons. The number of hydrogen-bond acceptors (Lipinski definition) is 4. The highest BCUT2D eigenvalue weighted by atomic mass is 35.5. The van der Waals surface area contributed by atoms with Crippen molar-refractivity contribution in [1.82, 2.24) is 5.32 Å². The molecule has 0 spiro atoms. The molecule has 1 N–H and O–H groups in total. The fourth-order valence-corrected chi connectivity index (χ4v) is 3.38. The van der Waals surface area contributed by atoms with E-state index in [1.54, 1.807) is 42.5 Å². The summed E-state index contributed by atoms with van der Waals surface area (Å²) in [5.74, 6) is -0.705. The van der Waals surface area contributed by atoms with Crippen LogP contribution in [0.4, 0.5) is 10.5 Å². The van der Waals surface area contributed by atoms with Gasteiger partial charge in [-0.05, 0) is 54.5 Å². The molecular weight excluding hydrogens is 404 g/mol. The molecule has 0 unspecified atom stereocenters. The maximum atomic E-state index is 12.9. The predicted molar refractivity (Wildman–Crippen MR) is 114 cm³/mol. The minimum atomic E-state index is -0.789. The normalized spacial score (nSPS) is 15.6. The lowest BCUT2D eigenvalue weighted by Crippen LogP contribution is -2.54. The molecule has 3 aromatic rings. The maximum Gasteiger partial charge on any atom is 0.335 e. The van der Waals surface area contributed by atoms with E-state index in [0.29, 0.717) is 27.8 Å². The average molecular weight is 421 g/mol. The van der Waals surface area contributed by atoms with Crippen molar-refractivity contribution in [3.63, 3.8) is 0 Å². The molecule has 1 fully saturated rings. The number of anilines is 1. The minimum Gasteiger partial charge on any atom is -0.457 e. The first-order valence-electron chi connectivity index (χ1n) is 9.33. The summed E-state index contributed by atoms with van der Waals surface area (Å²) in [5.41, 5.74) is 1.94. The van der Waals surface area contributed by atoms with Crippen LogP contribution in [0, 0.1) is 0 Å². The summed E-state index contributed by atoms with van der Waals surface area (Å²) in [7, 11) is 0. The van der Waals surface area contributed by atoms with Crippen molar-refractivity contribution in [3.05, 3.63) is 82.6 Å². The number of benzene rings is 2. The Hall–Kier alpha value is -3.64. The van der Waals surface area contributed by atoms with Gasteiger partial charge in [0.1, 0.15) is 17.1 Å². The van der Waals surface area contributed by atoms with Crippen LogP contribution in [-0.2, 0) is 16.0 Å². The number of halogens is 1. The Labute approximate surface area is 177 Å². The molecular formula is C23H17ClN2O4. The molecule has 4 amide bonds. The SMILES string of the molecule is CCc1ccc(N2C(=O)NC(=O)C(=Cc3ccc(-c4ccccc4Cl)o3)C2=O)cc1. The summed E-state index contributed by atoms with van der Waals surface area (Å²) >= 11 is 6.19. The van der Waals surface area contributed by atoms with Gasteiger partial charge in [-0.1, -0.05) is 42.8 Å². The van der Waals surface area contributed by atoms with Crippen molar-refractivity contribution in [2.75, 3.05) is 4.90 Å². The summed E-state index contributed by atoms with van der Waals surface area (Å²) in [4.78, 5) is 38.5. The zero-order valence-electron chi connectivity index (χ0n) is 16.0. The summed E-state index contributed by atoms with van der Waals surface area (Å²) in [5, 5.41) is 2.72. The van der Waals surface area contributed by atoms with E-state index in [9.17, 15) is 14.4 Å². The Morgan fingerprint density at radius 2 is 1.73 bits per heavy atom. The maximum absolute atomic E-state index is 12.9. The number of barbiturate groups is 1. The molecule has 2 aromatic carbocycles. The van der Waals surface area contributed by atoms with Gasteiger partial charge >= 0.3 is 6.03 Å². The largest absolute Gasteiger partial charge is 0.457 e. The van der Waals surface area contributed by atoms with Crippen LogP contribution in [0.3, 0.4) is 0 Å². The van der Waals surface area contributed by atoms with E-state index < -0.39 is 17.8 Å². The lowest BCUT2D eigenvalue weighted by molar-refractivity contribution is -0.122. The first kappa shape index (κ1) is 19.7. The van der Waals surface area contributed by atoms with Crippen LogP contribution < -0.4 is 10.2 Å². The van der Waals surface area contributed by atoms with Gasteiger partial charge in [0.05, 0.1) is 10.7 Å². The van der Waals surface area contributed by atoms with E-state index in [1.807, 2.05) is 25.1 Å². The van der Waals surface area contributed by atoms with E-state index in [1.165, 1.54) is 6.08 Å². The van der Waals surface area contributed by atoms with E-state index in [0.717, 1.165) is 16.9 Å². The van der Waals surface area contributed by atoms with Gasteiger partial charge in [-0.25, -0.2) is 9.69 Å². The number of aryl methyl sites for hydroxylation is 1. The Bertz CT molecular complexity index is 1180. The van der Waals surface area contributed by atoms with Crippen molar-refractivity contribution < 1.29 is 18.8 Å². The Kier molecular flexibility index (Phi) is 5.25. The number of rotatable bonds is 4. The topological polar surface area (TPSA) is 79.6 Å². The molecule has 1 aromatic heterocycles. The van der Waals surface area contributed by atoms with E-state index in [4.69, 9.17) is 16.0 Å². The third-order valence-electron chi connectivity index (χ3n) is 4.76. The number of furan rings is 1. The fraction of sp³-hybridized carbons (Fsp3) is 0.0870. The third-order valence-corrected chi connectivity index (χ3v) is 5.09. The standard InChI is InChI=1S/C23H17ClN2O4/c1-2-14-7-9-15(10-8-14)26-22(28)18(21(27)25-23(26)29)13-16-11-12-20(30-16)17-5-3-4-6-19(17)24/h3-13H,2H2,1H3,(H,25,27,29). The summed E-state index contributed by atoms with van der Waals surface area (Å²) in [6, 6.07) is 16.7. The number of nitrogens with zero attached hydrogens (tertiary/aromatic N) is 1. The quantitative estimate of drug-likeness (QED) is 0.484. The van der Waals surface area contributed by atoms with Crippen LogP contribution in [0.25, 0.3) is 17.4 Å². The molecule has 0 bridgehead atoms. The number of carbonyl (C=O) groups is 3. The van der Waals surface area contributed by atoms with Crippen LogP contribution in [0.1, 0.15) is 18.2 Å². The van der Waals surface area contributed by atoms with Gasteiger partial charge in [-0.3, -0.25) is 14.9 Å². The number of carbonyl (C=O) groups excluding carboxylic acids is 3. The van der Waals surface area contributed by atoms with Crippen molar-refractivity contribution in [1.29, 1.82) is 0 Å². The lowest BCUT2D eigenvalue weighted by Gasteiger charge is -2.26. The van der Waals surface area contributed by atoms with Crippen LogP contribution >= 0.6 is 11.6 Å². The molecule has 2 heterocycles. The first-order chi connectivity index (χ1) is 14.5. The van der Waals surface area contributed by atoms with Crippen molar-refractivity contribution >= 4 is 41.2 Å². The molecule has 1 saturated heterocycles. The van der Waals surface area contributed by atoms with E-state index >= 15 is 0 Å². The zero-order valence-corrected chi connectivity index (χ0v) is 16.8. The minimum absolute atomic E-state index is 0.200. The second-order valence-corrected chi connectivity index (χ2v) is 7.07. The molecule has 0 radical (unpaired) electrons. The summed E-state index contributed by atoms with van der Waals surface area (Å²) in [6.45, 7) is 2.01. The Morgan fingerprint density at radius 1 is 1.00 bits per heavy atom. The van der Waals surface area contributed by atoms with Crippen molar-refractivity contribution in [3.8, 4) is 11.3 Å². The zero-order chi connectivity index (χ0) is 21.3. The van der Waals surface area contributed by atoms with Crippen LogP contribution in [0.2, 0.25) is 5.02 Å². The number of amides is 4. The highest BCUT2D eigenvalue weighted by Crippen LogP contribution is 2.30. The monoisotopic (exact) mass is 420 g/mol. The van der Waals surface area contributed by atoms with Crippen molar-refractivity contribution in [2.45, 2.75) is 13.3 Å². The molecule has 4 rings (SSSR count). The molecule has 1 aliphatic rings. The van der Waals surface area contributed by atoms with Crippen LogP contribution in [-0.4, -0.2) is 17.8 Å². The first-order valence-corrected chi connectivity index (χ1v) is 9.71. The molecule has 0 aliphatic carbocycles. The molecule has 0 atom stereocenters. The van der Waals surface area contributed by atoms with Crippen molar-refractivity contribution in [2.24, 2.45) is 0 Å². The second-order valence-electron chi connectivity index (χ2n) is 6.66. The third kappa shape index (κ3) is 3.65. The summed E-state index contributed by atoms with van der Waals surface area (Å²) in [6.07, 6.45) is 2.15. The van der Waals surface area contributed by atoms with Gasteiger partial charge in [0, 0.05) is 5.56 Å². The lowest BCUT2D eigenvalue weighted by atomic mass is 10.1. The average Bonchev–Trinajstić information content (AvgIpc) is 3.20. The van der Waals surface area contributed by atoms with Gasteiger partial charge in [-0.2, -0.15) is 0 Å². The van der Waals surface area contributed by atoms with Gasteiger partial charge in [-0.15, -0.1) is 0 Å². The molecule has 30 heavy (non-hydrogen) atoms. The van der Waals surface area contributed by atoms with Gasteiger partial charge < -0.3 is 4.42 Å². The highest BCUT2D eigenvalue weighted by molar-refractivity contribution is 6.39. The molecule has 1 aliphatic heterocycles. The number of hydrogen-bond donors (Lipinski definition) is 1. The number of urea groups is 1. The second kappa shape index (κ2) is 8.00. The molecule has 7 heteroatoms. The smallest absolute Gasteiger partial charge is 0.335 e. The van der Waals surface area contributed by atoms with Gasteiger partial charge in [0.2, 0.25) is 0 Å². The van der Waals surface area contributed by atoms with Gasteiger partial charge in [0.15, 0.2) is 0 Å². The van der Waals surface area contributed by atoms with Crippen LogP contribution in [0.15, 0.2) is 70.7 Å². The highest BCUT2D eigenvalue weighted by Gasteiger charge is 2.37. The number of imide groups is 2. The fourth-order valence-electron chi connectivity index (χ4n) is 3.15. The molecule has 6 nitrogen and oxygen atoms in total. The predicted octanol–water partition coefficient (Wildman–Crippen LogP) is 4.83. The Morgan fingerprint density at radius 3 is 2.43 bits per heavy atom. The number of nitrogens with one attached hydrogen (secondary N) is 1.